The third-order valence-corrected chi connectivity index (χ3v) is 6.80. The van der Waals surface area contributed by atoms with E-state index in [4.69, 9.17) is 0 Å². The zero-order valence-corrected chi connectivity index (χ0v) is 15.0. The van der Waals surface area contributed by atoms with Crippen molar-refractivity contribution >= 4 is 49.1 Å². The van der Waals surface area contributed by atoms with Crippen molar-refractivity contribution in [1.82, 2.24) is 20.5 Å². The Kier molecular flexibility index (Phi) is 4.44. The summed E-state index contributed by atoms with van der Waals surface area (Å²) in [6.07, 6.45) is 2.27. The maximum absolute atomic E-state index is 4.62. The van der Waals surface area contributed by atoms with E-state index in [1.54, 1.807) is 11.3 Å². The van der Waals surface area contributed by atoms with Crippen LogP contribution in [-0.4, -0.2) is 41.4 Å². The van der Waals surface area contributed by atoms with Gasteiger partial charge in [0.05, 0.1) is 8.66 Å². The molecule has 20 heavy (non-hydrogen) atoms. The number of aromatic nitrogens is 3. The monoisotopic (exact) mass is 419 g/mol. The molecule has 2 N–H and O–H groups in total. The summed E-state index contributed by atoms with van der Waals surface area (Å²) in [5.74, 6) is 1.63. The highest BCUT2D eigenvalue weighted by atomic mass is 79.9. The Hall–Kier alpha value is -0.440. The van der Waals surface area contributed by atoms with E-state index < -0.39 is 0 Å². The van der Waals surface area contributed by atoms with Gasteiger partial charge in [0.1, 0.15) is 0 Å². The largest absolute Gasteiger partial charge is 0.339 e. The lowest BCUT2D eigenvalue weighted by atomic mass is 10.1. The average Bonchev–Trinajstić information content (AvgIpc) is 3.07. The minimum atomic E-state index is 0.619. The van der Waals surface area contributed by atoms with E-state index in [0.29, 0.717) is 6.04 Å². The fourth-order valence-electron chi connectivity index (χ4n) is 2.34. The lowest BCUT2D eigenvalue weighted by Gasteiger charge is -2.30. The summed E-state index contributed by atoms with van der Waals surface area (Å²) in [7, 11) is 2.03. The van der Waals surface area contributed by atoms with Gasteiger partial charge in [-0.3, -0.25) is 5.10 Å². The van der Waals surface area contributed by atoms with E-state index in [9.17, 15) is 0 Å². The first-order valence-electron chi connectivity index (χ1n) is 6.47. The van der Waals surface area contributed by atoms with Crippen molar-refractivity contribution in [3.05, 3.63) is 14.3 Å². The minimum absolute atomic E-state index is 0.619. The molecule has 2 aromatic rings. The molecule has 1 aliphatic rings. The van der Waals surface area contributed by atoms with Crippen LogP contribution in [0.4, 0.5) is 5.95 Å². The SMILES string of the molecule is CNC1CCN(c2n[nH]c(-c3cc(Br)c(Br)s3)n2)CC1. The molecule has 0 aliphatic carbocycles. The van der Waals surface area contributed by atoms with Crippen molar-refractivity contribution in [3.8, 4) is 10.7 Å². The second kappa shape index (κ2) is 6.13. The van der Waals surface area contributed by atoms with Crippen LogP contribution in [0.1, 0.15) is 12.8 Å². The predicted octanol–water partition coefficient (Wildman–Crippen LogP) is 3.25. The first-order valence-corrected chi connectivity index (χ1v) is 8.87. The van der Waals surface area contributed by atoms with Gasteiger partial charge < -0.3 is 10.2 Å². The van der Waals surface area contributed by atoms with Gasteiger partial charge >= 0.3 is 0 Å². The lowest BCUT2D eigenvalue weighted by Crippen LogP contribution is -2.41. The van der Waals surface area contributed by atoms with Crippen LogP contribution in [-0.2, 0) is 0 Å². The quantitative estimate of drug-likeness (QED) is 0.800. The Balaban J connectivity index is 1.74. The number of aromatic amines is 1. The molecule has 0 unspecified atom stereocenters. The van der Waals surface area contributed by atoms with Crippen molar-refractivity contribution in [3.63, 3.8) is 0 Å². The summed E-state index contributed by atoms with van der Waals surface area (Å²) in [4.78, 5) is 7.94. The van der Waals surface area contributed by atoms with Gasteiger partial charge in [-0.25, -0.2) is 0 Å². The molecule has 0 spiro atoms. The number of rotatable bonds is 3. The maximum Gasteiger partial charge on any atom is 0.245 e. The Labute approximate surface area is 138 Å². The molecule has 0 bridgehead atoms. The highest BCUT2D eigenvalue weighted by Gasteiger charge is 2.21. The number of hydrogen-bond donors (Lipinski definition) is 2. The van der Waals surface area contributed by atoms with Crippen LogP contribution in [0.25, 0.3) is 10.7 Å². The van der Waals surface area contributed by atoms with Crippen molar-refractivity contribution in [2.45, 2.75) is 18.9 Å². The summed E-state index contributed by atoms with van der Waals surface area (Å²) < 4.78 is 2.12. The lowest BCUT2D eigenvalue weighted by molar-refractivity contribution is 0.439. The fraction of sp³-hybridized carbons (Fsp3) is 0.500. The van der Waals surface area contributed by atoms with Crippen LogP contribution in [0.5, 0.6) is 0 Å². The third-order valence-electron chi connectivity index (χ3n) is 3.54. The number of piperidine rings is 1. The molecule has 5 nitrogen and oxygen atoms in total. The van der Waals surface area contributed by atoms with Crippen LogP contribution in [0.15, 0.2) is 14.3 Å². The second-order valence-electron chi connectivity index (χ2n) is 4.77. The molecule has 0 atom stereocenters. The maximum atomic E-state index is 4.62. The number of anilines is 1. The Morgan fingerprint density at radius 3 is 2.75 bits per heavy atom. The van der Waals surface area contributed by atoms with Gasteiger partial charge in [0.2, 0.25) is 5.95 Å². The highest BCUT2D eigenvalue weighted by Crippen LogP contribution is 2.37. The van der Waals surface area contributed by atoms with E-state index in [0.717, 1.165) is 50.8 Å². The Morgan fingerprint density at radius 2 is 2.15 bits per heavy atom. The fourth-order valence-corrected chi connectivity index (χ4v) is 4.31. The van der Waals surface area contributed by atoms with Crippen molar-refractivity contribution in [1.29, 1.82) is 0 Å². The van der Waals surface area contributed by atoms with E-state index >= 15 is 0 Å². The zero-order valence-electron chi connectivity index (χ0n) is 11.0. The highest BCUT2D eigenvalue weighted by molar-refractivity contribution is 9.13. The van der Waals surface area contributed by atoms with Gasteiger partial charge in [0.15, 0.2) is 5.82 Å². The normalized spacial score (nSPS) is 16.9. The smallest absolute Gasteiger partial charge is 0.245 e. The number of halogens is 2. The number of H-pyrrole nitrogens is 1. The van der Waals surface area contributed by atoms with Crippen molar-refractivity contribution < 1.29 is 0 Å². The molecule has 0 radical (unpaired) electrons. The summed E-state index contributed by atoms with van der Waals surface area (Å²) in [6, 6.07) is 2.67. The molecule has 0 saturated carbocycles. The van der Waals surface area contributed by atoms with Crippen LogP contribution in [0.3, 0.4) is 0 Å². The standard InChI is InChI=1S/C12H15Br2N5S/c1-15-7-2-4-19(5-3-7)12-16-11(17-18-12)9-6-8(13)10(14)20-9/h6-7,15H,2-5H2,1H3,(H,16,17,18). The summed E-state index contributed by atoms with van der Waals surface area (Å²) >= 11 is 8.64. The number of thiophene rings is 1. The van der Waals surface area contributed by atoms with Gasteiger partial charge in [-0.05, 0) is 57.8 Å². The molecule has 1 fully saturated rings. The van der Waals surface area contributed by atoms with Crippen molar-refractivity contribution in [2.75, 3.05) is 25.0 Å². The van der Waals surface area contributed by atoms with Gasteiger partial charge in [0, 0.05) is 23.6 Å². The molecule has 3 heterocycles. The number of nitrogens with zero attached hydrogens (tertiary/aromatic N) is 3. The van der Waals surface area contributed by atoms with E-state index in [-0.39, 0.29) is 0 Å². The molecule has 0 amide bonds. The average molecular weight is 421 g/mol. The molecule has 108 valence electrons. The van der Waals surface area contributed by atoms with E-state index in [2.05, 4.69) is 57.3 Å². The molecule has 0 aromatic carbocycles. The summed E-state index contributed by atoms with van der Waals surface area (Å²) in [6.45, 7) is 2.00. The Morgan fingerprint density at radius 1 is 1.40 bits per heavy atom. The molecule has 2 aromatic heterocycles. The molecule has 1 aliphatic heterocycles. The zero-order chi connectivity index (χ0) is 14.1. The molecule has 3 rings (SSSR count). The molecular formula is C12H15Br2N5S. The first kappa shape index (κ1) is 14.5. The van der Waals surface area contributed by atoms with Crippen LogP contribution in [0.2, 0.25) is 0 Å². The second-order valence-corrected chi connectivity index (χ2v) is 7.99. The summed E-state index contributed by atoms with van der Waals surface area (Å²) in [5, 5.41) is 10.7. The van der Waals surface area contributed by atoms with Crippen LogP contribution in [0, 0.1) is 0 Å². The first-order chi connectivity index (χ1) is 9.67. The van der Waals surface area contributed by atoms with Gasteiger partial charge in [-0.2, -0.15) is 4.98 Å². The Bertz CT molecular complexity index is 569. The topological polar surface area (TPSA) is 56.8 Å². The molecule has 8 heteroatoms. The van der Waals surface area contributed by atoms with Gasteiger partial charge in [-0.15, -0.1) is 16.4 Å². The predicted molar refractivity (Wildman–Crippen MR) is 89.4 cm³/mol. The van der Waals surface area contributed by atoms with Gasteiger partial charge in [0.25, 0.3) is 0 Å². The minimum Gasteiger partial charge on any atom is -0.339 e. The van der Waals surface area contributed by atoms with Crippen molar-refractivity contribution in [2.24, 2.45) is 0 Å². The van der Waals surface area contributed by atoms with E-state index in [1.807, 2.05) is 13.1 Å². The van der Waals surface area contributed by atoms with Crippen LogP contribution >= 0.6 is 43.2 Å². The molecular weight excluding hydrogens is 406 g/mol. The number of nitrogens with one attached hydrogen (secondary N) is 2. The van der Waals surface area contributed by atoms with Gasteiger partial charge in [-0.1, -0.05) is 0 Å². The van der Waals surface area contributed by atoms with Crippen LogP contribution < -0.4 is 10.2 Å². The van der Waals surface area contributed by atoms with E-state index in [1.165, 1.54) is 0 Å². The summed E-state index contributed by atoms with van der Waals surface area (Å²) in [5.41, 5.74) is 0. The third kappa shape index (κ3) is 2.93. The molecule has 1 saturated heterocycles. The number of hydrogen-bond acceptors (Lipinski definition) is 5.